The average molecular weight is 366 g/mol. The van der Waals surface area contributed by atoms with Gasteiger partial charge < -0.3 is 10.6 Å². The predicted molar refractivity (Wildman–Crippen MR) is 103 cm³/mol. The number of nitrogens with zero attached hydrogens (tertiary/aromatic N) is 3. The fraction of sp³-hybridized carbons (Fsp3) is 0.211. The minimum atomic E-state index is -0.446. The average Bonchev–Trinajstić information content (AvgIpc) is 3.25. The van der Waals surface area contributed by atoms with E-state index < -0.39 is 5.56 Å². The highest BCUT2D eigenvalue weighted by Crippen LogP contribution is 2.32. The minimum Gasteiger partial charge on any atom is -0.394 e. The highest BCUT2D eigenvalue weighted by Gasteiger charge is 2.31. The summed E-state index contributed by atoms with van der Waals surface area (Å²) < 4.78 is 1.17. The Bertz CT molecular complexity index is 1030. The van der Waals surface area contributed by atoms with E-state index in [1.807, 2.05) is 48.7 Å². The number of nitrogens with two attached hydrogens (primary N) is 1. The van der Waals surface area contributed by atoms with Crippen molar-refractivity contribution in [2.24, 2.45) is 0 Å². The molecule has 0 radical (unpaired) electrons. The van der Waals surface area contributed by atoms with Crippen LogP contribution in [0.15, 0.2) is 52.6 Å². The SMILES string of the molecule is C[C@@H]1Cc2ccccc2N1C(=O)Cn1nc(-c2cccs2)cc(N)c1=O. The molecule has 0 aliphatic carbocycles. The Labute approximate surface area is 154 Å². The molecule has 0 saturated heterocycles. The summed E-state index contributed by atoms with van der Waals surface area (Å²) >= 11 is 1.51. The van der Waals surface area contributed by atoms with Crippen LogP contribution in [0.5, 0.6) is 0 Å². The van der Waals surface area contributed by atoms with E-state index in [0.29, 0.717) is 5.69 Å². The lowest BCUT2D eigenvalue weighted by atomic mass is 10.1. The number of hydrogen-bond acceptors (Lipinski definition) is 5. The zero-order valence-electron chi connectivity index (χ0n) is 14.3. The standard InChI is InChI=1S/C19H18N4O2S/c1-12-9-13-5-2-3-6-16(13)23(12)18(24)11-22-19(25)14(20)10-15(21-22)17-7-4-8-26-17/h2-8,10,12H,9,11,20H2,1H3/t12-/m1/s1. The fourth-order valence-corrected chi connectivity index (χ4v) is 4.05. The van der Waals surface area contributed by atoms with Gasteiger partial charge in [0.1, 0.15) is 17.9 Å². The second-order valence-corrected chi connectivity index (χ2v) is 7.32. The van der Waals surface area contributed by atoms with E-state index >= 15 is 0 Å². The van der Waals surface area contributed by atoms with E-state index in [0.717, 1.165) is 22.5 Å². The lowest BCUT2D eigenvalue weighted by Gasteiger charge is -2.23. The van der Waals surface area contributed by atoms with Gasteiger partial charge in [0.25, 0.3) is 5.56 Å². The molecule has 6 nitrogen and oxygen atoms in total. The van der Waals surface area contributed by atoms with Gasteiger partial charge in [-0.15, -0.1) is 11.3 Å². The van der Waals surface area contributed by atoms with E-state index in [1.165, 1.54) is 16.0 Å². The van der Waals surface area contributed by atoms with Crippen LogP contribution in [-0.4, -0.2) is 21.7 Å². The number of nitrogen functional groups attached to an aromatic ring is 1. The molecular weight excluding hydrogens is 348 g/mol. The maximum absolute atomic E-state index is 12.9. The van der Waals surface area contributed by atoms with E-state index in [4.69, 9.17) is 5.73 Å². The van der Waals surface area contributed by atoms with Gasteiger partial charge in [0.15, 0.2) is 0 Å². The summed E-state index contributed by atoms with van der Waals surface area (Å²) in [6.45, 7) is 1.87. The molecule has 26 heavy (non-hydrogen) atoms. The molecule has 1 atom stereocenters. The van der Waals surface area contributed by atoms with Crippen molar-refractivity contribution in [2.45, 2.75) is 25.9 Å². The van der Waals surface area contributed by atoms with Crippen LogP contribution >= 0.6 is 11.3 Å². The second kappa shape index (κ2) is 6.42. The third kappa shape index (κ3) is 2.80. The van der Waals surface area contributed by atoms with Crippen LogP contribution in [-0.2, 0) is 17.8 Å². The number of benzene rings is 1. The Kier molecular flexibility index (Phi) is 4.08. The summed E-state index contributed by atoms with van der Waals surface area (Å²) in [6, 6.07) is 13.3. The van der Waals surface area contributed by atoms with Gasteiger partial charge in [-0.25, -0.2) is 4.68 Å². The summed E-state index contributed by atoms with van der Waals surface area (Å²) in [4.78, 5) is 28.0. The van der Waals surface area contributed by atoms with Gasteiger partial charge in [-0.05, 0) is 42.5 Å². The summed E-state index contributed by atoms with van der Waals surface area (Å²) in [6.07, 6.45) is 0.807. The third-order valence-electron chi connectivity index (χ3n) is 4.54. The molecule has 0 spiro atoms. The number of thiophene rings is 1. The van der Waals surface area contributed by atoms with Crippen molar-refractivity contribution in [1.82, 2.24) is 9.78 Å². The van der Waals surface area contributed by atoms with E-state index in [2.05, 4.69) is 5.10 Å². The van der Waals surface area contributed by atoms with Crippen molar-refractivity contribution in [3.8, 4) is 10.6 Å². The lowest BCUT2D eigenvalue weighted by Crippen LogP contribution is -2.41. The molecule has 0 unspecified atom stereocenters. The zero-order chi connectivity index (χ0) is 18.3. The zero-order valence-corrected chi connectivity index (χ0v) is 15.1. The number of carbonyl (C=O) groups is 1. The molecule has 3 aromatic rings. The summed E-state index contributed by atoms with van der Waals surface area (Å²) in [5, 5.41) is 6.28. The van der Waals surface area contributed by atoms with E-state index in [1.54, 1.807) is 11.0 Å². The van der Waals surface area contributed by atoms with Crippen molar-refractivity contribution in [1.29, 1.82) is 0 Å². The molecule has 0 bridgehead atoms. The van der Waals surface area contributed by atoms with Crippen LogP contribution in [0, 0.1) is 0 Å². The van der Waals surface area contributed by atoms with Gasteiger partial charge in [-0.2, -0.15) is 5.10 Å². The molecule has 2 N–H and O–H groups in total. The normalized spacial score (nSPS) is 15.9. The predicted octanol–water partition coefficient (Wildman–Crippen LogP) is 2.53. The van der Waals surface area contributed by atoms with Crippen LogP contribution in [0.25, 0.3) is 10.6 Å². The van der Waals surface area contributed by atoms with Crippen LogP contribution in [0.1, 0.15) is 12.5 Å². The van der Waals surface area contributed by atoms with Crippen molar-refractivity contribution in [3.63, 3.8) is 0 Å². The maximum atomic E-state index is 12.9. The molecule has 3 heterocycles. The largest absolute Gasteiger partial charge is 0.394 e. The van der Waals surface area contributed by atoms with Gasteiger partial charge >= 0.3 is 0 Å². The van der Waals surface area contributed by atoms with Crippen LogP contribution < -0.4 is 16.2 Å². The first-order valence-electron chi connectivity index (χ1n) is 8.36. The van der Waals surface area contributed by atoms with Gasteiger partial charge in [-0.1, -0.05) is 24.3 Å². The third-order valence-corrected chi connectivity index (χ3v) is 5.43. The number of para-hydroxylation sites is 1. The van der Waals surface area contributed by atoms with Crippen LogP contribution in [0.3, 0.4) is 0 Å². The van der Waals surface area contributed by atoms with Gasteiger partial charge in [0, 0.05) is 11.7 Å². The smallest absolute Gasteiger partial charge is 0.290 e. The topological polar surface area (TPSA) is 81.2 Å². The maximum Gasteiger partial charge on any atom is 0.290 e. The Morgan fingerprint density at radius 2 is 2.12 bits per heavy atom. The molecule has 0 fully saturated rings. The number of rotatable bonds is 3. The van der Waals surface area contributed by atoms with Crippen molar-refractivity contribution in [3.05, 3.63) is 63.8 Å². The molecule has 0 saturated carbocycles. The molecule has 1 aliphatic heterocycles. The minimum absolute atomic E-state index is 0.0495. The number of hydrogen-bond donors (Lipinski definition) is 1. The molecule has 1 aliphatic rings. The first kappa shape index (κ1) is 16.5. The molecular formula is C19H18N4O2S. The highest BCUT2D eigenvalue weighted by molar-refractivity contribution is 7.13. The summed E-state index contributed by atoms with van der Waals surface area (Å²) in [5.41, 5.74) is 8.15. The Morgan fingerprint density at radius 1 is 1.31 bits per heavy atom. The second-order valence-electron chi connectivity index (χ2n) is 6.37. The van der Waals surface area contributed by atoms with Crippen molar-refractivity contribution < 1.29 is 4.79 Å². The van der Waals surface area contributed by atoms with Gasteiger partial charge in [0.2, 0.25) is 5.91 Å². The molecule has 132 valence electrons. The highest BCUT2D eigenvalue weighted by atomic mass is 32.1. The Balaban J connectivity index is 1.67. The van der Waals surface area contributed by atoms with Crippen LogP contribution in [0.4, 0.5) is 11.4 Å². The fourth-order valence-electron chi connectivity index (χ4n) is 3.36. The van der Waals surface area contributed by atoms with Crippen molar-refractivity contribution in [2.75, 3.05) is 10.6 Å². The monoisotopic (exact) mass is 366 g/mol. The lowest BCUT2D eigenvalue weighted by molar-refractivity contribution is -0.119. The van der Waals surface area contributed by atoms with Gasteiger partial charge in [0.05, 0.1) is 4.88 Å². The van der Waals surface area contributed by atoms with Crippen molar-refractivity contribution >= 4 is 28.6 Å². The number of amides is 1. The molecule has 7 heteroatoms. The van der Waals surface area contributed by atoms with E-state index in [9.17, 15) is 9.59 Å². The number of aromatic nitrogens is 2. The van der Waals surface area contributed by atoms with E-state index in [-0.39, 0.29) is 24.2 Å². The molecule has 2 aromatic heterocycles. The Morgan fingerprint density at radius 3 is 2.88 bits per heavy atom. The first-order chi connectivity index (χ1) is 12.5. The molecule has 1 aromatic carbocycles. The summed E-state index contributed by atoms with van der Waals surface area (Å²) in [7, 11) is 0. The number of fused-ring (bicyclic) bond motifs is 1. The number of anilines is 2. The first-order valence-corrected chi connectivity index (χ1v) is 9.24. The molecule has 1 amide bonds. The quantitative estimate of drug-likeness (QED) is 0.772. The Hall–Kier alpha value is -2.93. The van der Waals surface area contributed by atoms with Gasteiger partial charge in [-0.3, -0.25) is 9.59 Å². The molecule has 4 rings (SSSR count). The number of carbonyl (C=O) groups excluding carboxylic acids is 1. The summed E-state index contributed by atoms with van der Waals surface area (Å²) in [5.74, 6) is -0.167. The van der Waals surface area contributed by atoms with Crippen LogP contribution in [0.2, 0.25) is 0 Å².